The van der Waals surface area contributed by atoms with Gasteiger partial charge in [-0.15, -0.1) is 0 Å². The molecule has 142 valence electrons. The van der Waals surface area contributed by atoms with Gasteiger partial charge in [-0.05, 0) is 31.7 Å². The molecule has 0 spiro atoms. The lowest BCUT2D eigenvalue weighted by molar-refractivity contribution is -0.135. The SMILES string of the molecule is Cc1ccc(CC(=O)N2CCC(C(=O)NC3CCS(=O)(=O)C3)CC2)cc1. The zero-order chi connectivity index (χ0) is 18.7. The summed E-state index contributed by atoms with van der Waals surface area (Å²) >= 11 is 0. The minimum Gasteiger partial charge on any atom is -0.352 e. The van der Waals surface area contributed by atoms with E-state index >= 15 is 0 Å². The van der Waals surface area contributed by atoms with Crippen molar-refractivity contribution in [1.82, 2.24) is 10.2 Å². The Labute approximate surface area is 154 Å². The molecule has 1 N–H and O–H groups in total. The van der Waals surface area contributed by atoms with Crippen LogP contribution in [0.25, 0.3) is 0 Å². The molecular weight excluding hydrogens is 352 g/mol. The quantitative estimate of drug-likeness (QED) is 0.850. The molecule has 1 unspecified atom stereocenters. The van der Waals surface area contributed by atoms with Crippen LogP contribution in [0.4, 0.5) is 0 Å². The standard InChI is InChI=1S/C19H26N2O4S/c1-14-2-4-15(5-3-14)12-18(22)21-9-6-16(7-10-21)19(23)20-17-8-11-26(24,25)13-17/h2-5,16-17H,6-13H2,1H3,(H,20,23). The number of carbonyl (C=O) groups is 2. The summed E-state index contributed by atoms with van der Waals surface area (Å²) in [4.78, 5) is 26.6. The third kappa shape index (κ3) is 4.84. The molecule has 6 nitrogen and oxygen atoms in total. The van der Waals surface area contributed by atoms with E-state index in [4.69, 9.17) is 0 Å². The number of sulfone groups is 1. The van der Waals surface area contributed by atoms with Crippen molar-refractivity contribution in [2.24, 2.45) is 5.92 Å². The minimum atomic E-state index is -2.99. The second kappa shape index (κ2) is 7.78. The molecule has 2 aliphatic rings. The lowest BCUT2D eigenvalue weighted by Crippen LogP contribution is -2.46. The third-order valence-electron chi connectivity index (χ3n) is 5.27. The Kier molecular flexibility index (Phi) is 5.65. The van der Waals surface area contributed by atoms with E-state index in [0.717, 1.165) is 5.56 Å². The van der Waals surface area contributed by atoms with Gasteiger partial charge in [-0.2, -0.15) is 0 Å². The van der Waals surface area contributed by atoms with Crippen LogP contribution < -0.4 is 5.32 Å². The fourth-order valence-electron chi connectivity index (χ4n) is 3.61. The number of hydrogen-bond donors (Lipinski definition) is 1. The highest BCUT2D eigenvalue weighted by Crippen LogP contribution is 2.20. The minimum absolute atomic E-state index is 0.0482. The molecule has 2 fully saturated rings. The van der Waals surface area contributed by atoms with Gasteiger partial charge in [0.05, 0.1) is 17.9 Å². The van der Waals surface area contributed by atoms with Crippen molar-refractivity contribution in [2.45, 2.75) is 38.6 Å². The van der Waals surface area contributed by atoms with Gasteiger partial charge in [0.15, 0.2) is 9.84 Å². The first-order valence-electron chi connectivity index (χ1n) is 9.16. The second-order valence-electron chi connectivity index (χ2n) is 7.43. The molecule has 1 aromatic rings. The Hall–Kier alpha value is -1.89. The van der Waals surface area contributed by atoms with Gasteiger partial charge in [0.2, 0.25) is 11.8 Å². The molecule has 2 saturated heterocycles. The van der Waals surface area contributed by atoms with Gasteiger partial charge >= 0.3 is 0 Å². The molecule has 0 aliphatic carbocycles. The average Bonchev–Trinajstić information content (AvgIpc) is 2.95. The zero-order valence-corrected chi connectivity index (χ0v) is 15.9. The van der Waals surface area contributed by atoms with Crippen LogP contribution in [0, 0.1) is 12.8 Å². The Morgan fingerprint density at radius 1 is 1.12 bits per heavy atom. The molecule has 0 bridgehead atoms. The number of amides is 2. The van der Waals surface area contributed by atoms with Gasteiger partial charge in [-0.3, -0.25) is 9.59 Å². The van der Waals surface area contributed by atoms with E-state index in [9.17, 15) is 18.0 Å². The molecule has 0 radical (unpaired) electrons. The highest BCUT2D eigenvalue weighted by Gasteiger charge is 2.32. The Balaban J connectivity index is 1.45. The zero-order valence-electron chi connectivity index (χ0n) is 15.1. The summed E-state index contributed by atoms with van der Waals surface area (Å²) in [5.41, 5.74) is 2.17. The van der Waals surface area contributed by atoms with Gasteiger partial charge in [0.25, 0.3) is 0 Å². The first-order chi connectivity index (χ1) is 12.3. The van der Waals surface area contributed by atoms with Gasteiger partial charge in [-0.25, -0.2) is 8.42 Å². The van der Waals surface area contributed by atoms with E-state index in [-0.39, 0.29) is 35.3 Å². The van der Waals surface area contributed by atoms with E-state index in [1.165, 1.54) is 5.56 Å². The van der Waals surface area contributed by atoms with Gasteiger partial charge in [-0.1, -0.05) is 29.8 Å². The topological polar surface area (TPSA) is 83.6 Å². The van der Waals surface area contributed by atoms with Crippen molar-refractivity contribution in [1.29, 1.82) is 0 Å². The molecule has 2 heterocycles. The van der Waals surface area contributed by atoms with Crippen molar-refractivity contribution < 1.29 is 18.0 Å². The van der Waals surface area contributed by atoms with E-state index in [1.54, 1.807) is 0 Å². The predicted molar refractivity (Wildman–Crippen MR) is 99.4 cm³/mol. The smallest absolute Gasteiger partial charge is 0.226 e. The van der Waals surface area contributed by atoms with E-state index in [1.807, 2.05) is 36.1 Å². The van der Waals surface area contributed by atoms with Gasteiger partial charge < -0.3 is 10.2 Å². The van der Waals surface area contributed by atoms with Crippen LogP contribution in [0.5, 0.6) is 0 Å². The summed E-state index contributed by atoms with van der Waals surface area (Å²) in [6, 6.07) is 7.70. The maximum Gasteiger partial charge on any atom is 0.226 e. The summed E-state index contributed by atoms with van der Waals surface area (Å²) in [6.45, 7) is 3.17. The summed E-state index contributed by atoms with van der Waals surface area (Å²) in [5, 5.41) is 2.87. The first kappa shape index (κ1) is 18.9. The maximum atomic E-state index is 12.4. The normalized spacial score (nSPS) is 23.0. The molecule has 7 heteroatoms. The lowest BCUT2D eigenvalue weighted by atomic mass is 9.95. The van der Waals surface area contributed by atoms with Crippen molar-refractivity contribution in [3.05, 3.63) is 35.4 Å². The number of aryl methyl sites for hydroxylation is 1. The van der Waals surface area contributed by atoms with Crippen LogP contribution in [0.3, 0.4) is 0 Å². The summed E-state index contributed by atoms with van der Waals surface area (Å²) < 4.78 is 23.0. The Morgan fingerprint density at radius 3 is 2.35 bits per heavy atom. The van der Waals surface area contributed by atoms with Crippen LogP contribution in [-0.2, 0) is 25.8 Å². The molecule has 26 heavy (non-hydrogen) atoms. The molecule has 0 saturated carbocycles. The highest BCUT2D eigenvalue weighted by molar-refractivity contribution is 7.91. The van der Waals surface area contributed by atoms with Crippen LogP contribution in [0.2, 0.25) is 0 Å². The van der Waals surface area contributed by atoms with Crippen molar-refractivity contribution in [2.75, 3.05) is 24.6 Å². The summed E-state index contributed by atoms with van der Waals surface area (Å²) in [5.74, 6) is 0.0883. The molecule has 0 aromatic heterocycles. The number of benzene rings is 1. The summed E-state index contributed by atoms with van der Waals surface area (Å²) in [7, 11) is -2.99. The highest BCUT2D eigenvalue weighted by atomic mass is 32.2. The van der Waals surface area contributed by atoms with E-state index in [0.29, 0.717) is 38.8 Å². The fraction of sp³-hybridized carbons (Fsp3) is 0.579. The number of likely N-dealkylation sites (tertiary alicyclic amines) is 1. The van der Waals surface area contributed by atoms with Crippen LogP contribution in [-0.4, -0.2) is 55.8 Å². The van der Waals surface area contributed by atoms with Gasteiger partial charge in [0.1, 0.15) is 0 Å². The van der Waals surface area contributed by atoms with Crippen molar-refractivity contribution in [3.63, 3.8) is 0 Å². The number of nitrogens with one attached hydrogen (secondary N) is 1. The van der Waals surface area contributed by atoms with Crippen molar-refractivity contribution in [3.8, 4) is 0 Å². The summed E-state index contributed by atoms with van der Waals surface area (Å²) in [6.07, 6.45) is 2.15. The predicted octanol–water partition coefficient (Wildman–Crippen LogP) is 1.08. The Bertz CT molecular complexity index is 765. The fourth-order valence-corrected chi connectivity index (χ4v) is 5.28. The molecule has 2 amide bonds. The molecule has 1 aromatic carbocycles. The molecule has 3 rings (SSSR count). The van der Waals surface area contributed by atoms with Crippen LogP contribution in [0.1, 0.15) is 30.4 Å². The number of nitrogens with zero attached hydrogens (tertiary/aromatic N) is 1. The van der Waals surface area contributed by atoms with Crippen LogP contribution in [0.15, 0.2) is 24.3 Å². The number of piperidine rings is 1. The molecular formula is C19H26N2O4S. The molecule has 2 aliphatic heterocycles. The van der Waals surface area contributed by atoms with Crippen LogP contribution >= 0.6 is 0 Å². The molecule has 1 atom stereocenters. The largest absolute Gasteiger partial charge is 0.352 e. The monoisotopic (exact) mass is 378 g/mol. The van der Waals surface area contributed by atoms with E-state index < -0.39 is 9.84 Å². The average molecular weight is 378 g/mol. The maximum absolute atomic E-state index is 12.4. The Morgan fingerprint density at radius 2 is 1.77 bits per heavy atom. The number of carbonyl (C=O) groups excluding carboxylic acids is 2. The lowest BCUT2D eigenvalue weighted by Gasteiger charge is -2.32. The van der Waals surface area contributed by atoms with Gasteiger partial charge in [0, 0.05) is 25.0 Å². The third-order valence-corrected chi connectivity index (χ3v) is 7.04. The number of rotatable bonds is 4. The van der Waals surface area contributed by atoms with Crippen molar-refractivity contribution >= 4 is 21.7 Å². The first-order valence-corrected chi connectivity index (χ1v) is 11.0. The second-order valence-corrected chi connectivity index (χ2v) is 9.65. The van der Waals surface area contributed by atoms with E-state index in [2.05, 4.69) is 5.32 Å². The number of hydrogen-bond acceptors (Lipinski definition) is 4.